The van der Waals surface area contributed by atoms with Gasteiger partial charge in [-0.2, -0.15) is 19.7 Å². The van der Waals surface area contributed by atoms with Gasteiger partial charge in [-0.15, -0.1) is 0 Å². The average Bonchev–Trinajstić information content (AvgIpc) is 3.34. The SMILES string of the molecule is Cc1cc(C)n(CC2CN(c3cc(-c4ccccc4)nc4ncnn34)CCO2)n1. The smallest absolute Gasteiger partial charge is 0.254 e. The Morgan fingerprint density at radius 1 is 1.14 bits per heavy atom. The fourth-order valence-corrected chi connectivity index (χ4v) is 3.87. The summed E-state index contributed by atoms with van der Waals surface area (Å²) < 4.78 is 9.87. The summed E-state index contributed by atoms with van der Waals surface area (Å²) in [5, 5.41) is 8.98. The van der Waals surface area contributed by atoms with Crippen molar-refractivity contribution in [2.45, 2.75) is 26.5 Å². The normalized spacial score (nSPS) is 17.2. The zero-order chi connectivity index (χ0) is 19.8. The number of ether oxygens (including phenoxy) is 1. The van der Waals surface area contributed by atoms with Gasteiger partial charge in [0.15, 0.2) is 0 Å². The van der Waals surface area contributed by atoms with E-state index < -0.39 is 0 Å². The number of benzene rings is 1. The molecule has 1 aliphatic rings. The molecule has 0 amide bonds. The third-order valence-electron chi connectivity index (χ3n) is 5.25. The van der Waals surface area contributed by atoms with Crippen molar-refractivity contribution in [3.05, 3.63) is 60.2 Å². The molecule has 1 saturated heterocycles. The molecule has 0 saturated carbocycles. The van der Waals surface area contributed by atoms with Gasteiger partial charge in [0.05, 0.1) is 30.6 Å². The molecule has 0 N–H and O–H groups in total. The van der Waals surface area contributed by atoms with E-state index in [0.29, 0.717) is 12.4 Å². The van der Waals surface area contributed by atoms with Gasteiger partial charge in [-0.1, -0.05) is 30.3 Å². The van der Waals surface area contributed by atoms with Crippen LogP contribution in [0.15, 0.2) is 48.8 Å². The second-order valence-electron chi connectivity index (χ2n) is 7.39. The van der Waals surface area contributed by atoms with Gasteiger partial charge in [0.2, 0.25) is 0 Å². The molecule has 0 aliphatic carbocycles. The highest BCUT2D eigenvalue weighted by Gasteiger charge is 2.25. The predicted octanol–water partition coefficient (Wildman–Crippen LogP) is 2.51. The molecule has 8 nitrogen and oxygen atoms in total. The first kappa shape index (κ1) is 17.8. The highest BCUT2D eigenvalue weighted by Crippen LogP contribution is 2.25. The van der Waals surface area contributed by atoms with Crippen molar-refractivity contribution in [1.82, 2.24) is 29.4 Å². The summed E-state index contributed by atoms with van der Waals surface area (Å²) in [6.07, 6.45) is 1.60. The molecule has 0 bridgehead atoms. The van der Waals surface area contributed by atoms with Crippen LogP contribution in [0.25, 0.3) is 17.0 Å². The summed E-state index contributed by atoms with van der Waals surface area (Å²) in [5.41, 5.74) is 4.13. The number of rotatable bonds is 4. The third kappa shape index (κ3) is 3.47. The van der Waals surface area contributed by atoms with E-state index in [1.165, 1.54) is 0 Å². The van der Waals surface area contributed by atoms with Crippen LogP contribution < -0.4 is 4.90 Å². The highest BCUT2D eigenvalue weighted by molar-refractivity contribution is 5.65. The van der Waals surface area contributed by atoms with Crippen LogP contribution in [0, 0.1) is 13.8 Å². The van der Waals surface area contributed by atoms with Crippen LogP contribution in [0.4, 0.5) is 5.82 Å². The van der Waals surface area contributed by atoms with Crippen LogP contribution >= 0.6 is 0 Å². The van der Waals surface area contributed by atoms with Gasteiger partial charge in [0, 0.05) is 30.4 Å². The Hall–Kier alpha value is -3.26. The molecule has 0 spiro atoms. The van der Waals surface area contributed by atoms with Gasteiger partial charge < -0.3 is 9.64 Å². The van der Waals surface area contributed by atoms with Gasteiger partial charge in [-0.05, 0) is 19.9 Å². The molecule has 1 fully saturated rings. The summed E-state index contributed by atoms with van der Waals surface area (Å²) in [6.45, 7) is 7.03. The molecule has 3 aromatic heterocycles. The van der Waals surface area contributed by atoms with Crippen LogP contribution in [-0.2, 0) is 11.3 Å². The van der Waals surface area contributed by atoms with E-state index in [-0.39, 0.29) is 6.10 Å². The average molecular weight is 389 g/mol. The maximum absolute atomic E-state index is 6.04. The van der Waals surface area contributed by atoms with Crippen LogP contribution in [0.3, 0.4) is 0 Å². The Kier molecular flexibility index (Phi) is 4.48. The first-order chi connectivity index (χ1) is 14.2. The molecule has 4 aromatic rings. The summed E-state index contributed by atoms with van der Waals surface area (Å²) in [4.78, 5) is 11.3. The lowest BCUT2D eigenvalue weighted by Crippen LogP contribution is -2.45. The molecule has 1 atom stereocenters. The lowest BCUT2D eigenvalue weighted by molar-refractivity contribution is 0.0266. The molecule has 1 aromatic carbocycles. The molecule has 1 unspecified atom stereocenters. The molecule has 1 aliphatic heterocycles. The minimum absolute atomic E-state index is 0.0497. The predicted molar refractivity (Wildman–Crippen MR) is 110 cm³/mol. The van der Waals surface area contributed by atoms with Crippen molar-refractivity contribution in [2.75, 3.05) is 24.6 Å². The van der Waals surface area contributed by atoms with E-state index in [1.807, 2.05) is 29.8 Å². The molecular formula is C21H23N7O. The van der Waals surface area contributed by atoms with E-state index in [0.717, 1.165) is 48.1 Å². The standard InChI is InChI=1S/C21H23N7O/c1-15-10-16(2)27(25-15)13-18-12-26(8-9-29-18)20-11-19(17-6-4-3-5-7-17)24-21-22-14-23-28(20)21/h3-7,10-11,14,18H,8-9,12-13H2,1-2H3. The monoisotopic (exact) mass is 389 g/mol. The maximum Gasteiger partial charge on any atom is 0.254 e. The molecule has 4 heterocycles. The number of aryl methyl sites for hydroxylation is 2. The van der Waals surface area contributed by atoms with Gasteiger partial charge in [-0.25, -0.2) is 4.98 Å². The Morgan fingerprint density at radius 3 is 2.79 bits per heavy atom. The van der Waals surface area contributed by atoms with E-state index in [4.69, 9.17) is 4.74 Å². The van der Waals surface area contributed by atoms with E-state index in [1.54, 1.807) is 10.8 Å². The Balaban J connectivity index is 1.46. The quantitative estimate of drug-likeness (QED) is 0.534. The Bertz CT molecular complexity index is 1130. The topological polar surface area (TPSA) is 73.4 Å². The van der Waals surface area contributed by atoms with Crippen LogP contribution in [-0.4, -0.2) is 55.2 Å². The maximum atomic E-state index is 6.04. The number of nitrogens with zero attached hydrogens (tertiary/aromatic N) is 7. The summed E-state index contributed by atoms with van der Waals surface area (Å²) in [7, 11) is 0. The largest absolute Gasteiger partial charge is 0.373 e. The number of aromatic nitrogens is 6. The van der Waals surface area contributed by atoms with Crippen molar-refractivity contribution in [1.29, 1.82) is 0 Å². The van der Waals surface area contributed by atoms with Crippen molar-refractivity contribution < 1.29 is 4.74 Å². The van der Waals surface area contributed by atoms with Crippen LogP contribution in [0.5, 0.6) is 0 Å². The number of hydrogen-bond donors (Lipinski definition) is 0. The Labute approximate surface area is 168 Å². The third-order valence-corrected chi connectivity index (χ3v) is 5.25. The minimum Gasteiger partial charge on any atom is -0.373 e. The molecule has 0 radical (unpaired) electrons. The van der Waals surface area contributed by atoms with Crippen LogP contribution in [0.1, 0.15) is 11.4 Å². The summed E-state index contributed by atoms with van der Waals surface area (Å²) in [5.74, 6) is 1.58. The fourth-order valence-electron chi connectivity index (χ4n) is 3.87. The van der Waals surface area contributed by atoms with Gasteiger partial charge >= 0.3 is 0 Å². The minimum atomic E-state index is 0.0497. The second-order valence-corrected chi connectivity index (χ2v) is 7.39. The van der Waals surface area contributed by atoms with Gasteiger partial charge in [-0.3, -0.25) is 4.68 Å². The number of anilines is 1. The second kappa shape index (κ2) is 7.29. The van der Waals surface area contributed by atoms with Gasteiger partial charge in [0.25, 0.3) is 5.78 Å². The Morgan fingerprint density at radius 2 is 2.00 bits per heavy atom. The van der Waals surface area contributed by atoms with E-state index in [9.17, 15) is 0 Å². The molecule has 5 rings (SSSR count). The highest BCUT2D eigenvalue weighted by atomic mass is 16.5. The molecule has 29 heavy (non-hydrogen) atoms. The fraction of sp³-hybridized carbons (Fsp3) is 0.333. The van der Waals surface area contributed by atoms with E-state index >= 15 is 0 Å². The van der Waals surface area contributed by atoms with Crippen molar-refractivity contribution in [3.63, 3.8) is 0 Å². The summed E-state index contributed by atoms with van der Waals surface area (Å²) >= 11 is 0. The first-order valence-corrected chi connectivity index (χ1v) is 9.81. The number of morpholine rings is 1. The number of hydrogen-bond acceptors (Lipinski definition) is 6. The van der Waals surface area contributed by atoms with Gasteiger partial charge in [0.1, 0.15) is 12.1 Å². The summed E-state index contributed by atoms with van der Waals surface area (Å²) in [6, 6.07) is 14.3. The lowest BCUT2D eigenvalue weighted by atomic mass is 10.1. The van der Waals surface area contributed by atoms with Crippen LogP contribution in [0.2, 0.25) is 0 Å². The number of fused-ring (bicyclic) bond motifs is 1. The van der Waals surface area contributed by atoms with Crippen molar-refractivity contribution in [2.24, 2.45) is 0 Å². The first-order valence-electron chi connectivity index (χ1n) is 9.81. The van der Waals surface area contributed by atoms with Crippen molar-refractivity contribution in [3.8, 4) is 11.3 Å². The van der Waals surface area contributed by atoms with E-state index in [2.05, 4.69) is 56.3 Å². The molecular weight excluding hydrogens is 366 g/mol. The molecule has 148 valence electrons. The zero-order valence-corrected chi connectivity index (χ0v) is 16.6. The zero-order valence-electron chi connectivity index (χ0n) is 16.6. The van der Waals surface area contributed by atoms with Crippen molar-refractivity contribution >= 4 is 11.6 Å². The lowest BCUT2D eigenvalue weighted by Gasteiger charge is -2.34. The molecule has 8 heteroatoms.